The highest BCUT2D eigenvalue weighted by Crippen LogP contribution is 2.26. The Morgan fingerprint density at radius 3 is 2.28 bits per heavy atom. The van der Waals surface area contributed by atoms with Gasteiger partial charge in [0.05, 0.1) is 17.5 Å². The molecule has 0 radical (unpaired) electrons. The lowest BCUT2D eigenvalue weighted by atomic mass is 10.1. The largest absolute Gasteiger partial charge is 0.444 e. The highest BCUT2D eigenvalue weighted by atomic mass is 35.5. The van der Waals surface area contributed by atoms with Crippen molar-refractivity contribution >= 4 is 44.9 Å². The molecule has 0 aliphatic heterocycles. The number of ether oxygens (including phenoxy) is 1. The van der Waals surface area contributed by atoms with Gasteiger partial charge in [0.25, 0.3) is 5.91 Å². The number of aryl methyl sites for hydroxylation is 1. The van der Waals surface area contributed by atoms with Crippen molar-refractivity contribution in [1.29, 1.82) is 0 Å². The summed E-state index contributed by atoms with van der Waals surface area (Å²) in [7, 11) is -3.63. The summed E-state index contributed by atoms with van der Waals surface area (Å²) in [6, 6.07) is 19.5. The quantitative estimate of drug-likeness (QED) is 0.491. The number of carbonyl (C=O) groups excluding carboxylic acids is 2. The molecular weight excluding hydrogens is 452 g/mol. The maximum atomic E-state index is 13.0. The van der Waals surface area contributed by atoms with Gasteiger partial charge in [0, 0.05) is 16.3 Å². The van der Waals surface area contributed by atoms with Gasteiger partial charge in [0.1, 0.15) is 0 Å². The molecule has 0 saturated carbocycles. The van der Waals surface area contributed by atoms with Gasteiger partial charge in [-0.3, -0.25) is 9.52 Å². The lowest BCUT2D eigenvalue weighted by Crippen LogP contribution is -2.26. The van der Waals surface area contributed by atoms with Crippen LogP contribution in [-0.2, 0) is 19.6 Å². The average molecular weight is 473 g/mol. The summed E-state index contributed by atoms with van der Waals surface area (Å²) >= 11 is 6.14. The number of halogens is 1. The number of rotatable bonds is 7. The Labute approximate surface area is 191 Å². The van der Waals surface area contributed by atoms with E-state index in [0.29, 0.717) is 16.3 Å². The lowest BCUT2D eigenvalue weighted by molar-refractivity contribution is -0.125. The predicted molar refractivity (Wildman–Crippen MR) is 124 cm³/mol. The van der Waals surface area contributed by atoms with Crippen LogP contribution in [0.25, 0.3) is 0 Å². The zero-order chi connectivity index (χ0) is 23.3. The van der Waals surface area contributed by atoms with Crippen LogP contribution in [0.2, 0.25) is 5.02 Å². The average Bonchev–Trinajstić information content (AvgIpc) is 2.74. The molecule has 0 aromatic heterocycles. The minimum atomic E-state index is -3.63. The first-order valence-electron chi connectivity index (χ1n) is 9.54. The van der Waals surface area contributed by atoms with Gasteiger partial charge in [-0.25, -0.2) is 13.2 Å². The SMILES string of the molecule is Cc1ccc(NC(=O)C(OC(=O)c2ccccc2NS(C)(=O)=O)c2ccccc2)cc1Cl. The van der Waals surface area contributed by atoms with Gasteiger partial charge < -0.3 is 10.1 Å². The molecule has 166 valence electrons. The van der Waals surface area contributed by atoms with Crippen LogP contribution >= 0.6 is 11.6 Å². The molecule has 0 saturated heterocycles. The van der Waals surface area contributed by atoms with Gasteiger partial charge >= 0.3 is 5.97 Å². The molecule has 9 heteroatoms. The zero-order valence-electron chi connectivity index (χ0n) is 17.3. The smallest absolute Gasteiger partial charge is 0.341 e. The second-order valence-corrected chi connectivity index (χ2v) is 9.22. The second kappa shape index (κ2) is 9.84. The van der Waals surface area contributed by atoms with Crippen LogP contribution in [0.1, 0.15) is 27.6 Å². The number of esters is 1. The third kappa shape index (κ3) is 6.09. The Kier molecular flexibility index (Phi) is 7.17. The molecule has 0 heterocycles. The molecule has 7 nitrogen and oxygen atoms in total. The molecule has 3 aromatic rings. The first kappa shape index (κ1) is 23.3. The van der Waals surface area contributed by atoms with E-state index < -0.39 is 28.0 Å². The van der Waals surface area contributed by atoms with E-state index in [1.54, 1.807) is 60.7 Å². The summed E-state index contributed by atoms with van der Waals surface area (Å²) in [6.07, 6.45) is -0.308. The zero-order valence-corrected chi connectivity index (χ0v) is 18.9. The number of anilines is 2. The van der Waals surface area contributed by atoms with Crippen molar-refractivity contribution in [3.8, 4) is 0 Å². The molecule has 1 amide bonds. The van der Waals surface area contributed by atoms with E-state index in [9.17, 15) is 18.0 Å². The van der Waals surface area contributed by atoms with Crippen LogP contribution in [0.3, 0.4) is 0 Å². The summed E-state index contributed by atoms with van der Waals surface area (Å²) < 4.78 is 31.1. The van der Waals surface area contributed by atoms with E-state index in [1.165, 1.54) is 12.1 Å². The highest BCUT2D eigenvalue weighted by Gasteiger charge is 2.27. The monoisotopic (exact) mass is 472 g/mol. The third-order valence-electron chi connectivity index (χ3n) is 4.45. The standard InChI is InChI=1S/C23H21ClN2O5S/c1-15-12-13-17(14-19(15)24)25-22(27)21(16-8-4-3-5-9-16)31-23(28)18-10-6-7-11-20(18)26-32(2,29)30/h3-14,21,26H,1-2H3,(H,25,27). The molecule has 0 fully saturated rings. The summed E-state index contributed by atoms with van der Waals surface area (Å²) in [5, 5.41) is 3.19. The van der Waals surface area contributed by atoms with E-state index in [0.717, 1.165) is 11.8 Å². The molecule has 1 atom stereocenters. The summed E-state index contributed by atoms with van der Waals surface area (Å²) in [4.78, 5) is 26.0. The van der Waals surface area contributed by atoms with Crippen LogP contribution in [-0.4, -0.2) is 26.6 Å². The van der Waals surface area contributed by atoms with Gasteiger partial charge in [-0.15, -0.1) is 0 Å². The van der Waals surface area contributed by atoms with Crippen molar-refractivity contribution < 1.29 is 22.7 Å². The lowest BCUT2D eigenvalue weighted by Gasteiger charge is -2.19. The van der Waals surface area contributed by atoms with Crippen LogP contribution in [0.4, 0.5) is 11.4 Å². The predicted octanol–water partition coefficient (Wildman–Crippen LogP) is 4.56. The highest BCUT2D eigenvalue weighted by molar-refractivity contribution is 7.92. The van der Waals surface area contributed by atoms with Crippen LogP contribution in [0.15, 0.2) is 72.8 Å². The van der Waals surface area contributed by atoms with Gasteiger partial charge in [-0.2, -0.15) is 0 Å². The molecule has 0 bridgehead atoms. The van der Waals surface area contributed by atoms with Crippen LogP contribution < -0.4 is 10.0 Å². The molecule has 32 heavy (non-hydrogen) atoms. The molecule has 3 aromatic carbocycles. The van der Waals surface area contributed by atoms with Crippen molar-refractivity contribution in [2.75, 3.05) is 16.3 Å². The summed E-state index contributed by atoms with van der Waals surface area (Å²) in [5.41, 5.74) is 1.78. The fourth-order valence-corrected chi connectivity index (χ4v) is 3.66. The van der Waals surface area contributed by atoms with Crippen molar-refractivity contribution in [2.24, 2.45) is 0 Å². The Morgan fingerprint density at radius 2 is 1.62 bits per heavy atom. The third-order valence-corrected chi connectivity index (χ3v) is 5.44. The van der Waals surface area contributed by atoms with Crippen molar-refractivity contribution in [1.82, 2.24) is 0 Å². The molecule has 2 N–H and O–H groups in total. The number of para-hydroxylation sites is 1. The van der Waals surface area contributed by atoms with Gasteiger partial charge in [0.15, 0.2) is 0 Å². The van der Waals surface area contributed by atoms with Crippen molar-refractivity contribution in [3.05, 3.63) is 94.5 Å². The minimum absolute atomic E-state index is 0.0231. The molecule has 0 aliphatic rings. The molecular formula is C23H21ClN2O5S. The first-order valence-corrected chi connectivity index (χ1v) is 11.8. The van der Waals surface area contributed by atoms with E-state index >= 15 is 0 Å². The molecule has 0 spiro atoms. The maximum Gasteiger partial charge on any atom is 0.341 e. The van der Waals surface area contributed by atoms with E-state index in [2.05, 4.69) is 10.0 Å². The second-order valence-electron chi connectivity index (χ2n) is 7.07. The number of amides is 1. The number of benzene rings is 3. The van der Waals surface area contributed by atoms with Gasteiger partial charge in [-0.1, -0.05) is 60.1 Å². The first-order chi connectivity index (χ1) is 15.1. The van der Waals surface area contributed by atoms with E-state index in [-0.39, 0.29) is 11.3 Å². The minimum Gasteiger partial charge on any atom is -0.444 e. The molecule has 1 unspecified atom stereocenters. The van der Waals surface area contributed by atoms with E-state index in [4.69, 9.17) is 16.3 Å². The Hall–Kier alpha value is -3.36. The topological polar surface area (TPSA) is 102 Å². The fourth-order valence-electron chi connectivity index (χ4n) is 2.90. The number of sulfonamides is 1. The van der Waals surface area contributed by atoms with Crippen LogP contribution in [0.5, 0.6) is 0 Å². The van der Waals surface area contributed by atoms with Crippen molar-refractivity contribution in [2.45, 2.75) is 13.0 Å². The van der Waals surface area contributed by atoms with Gasteiger partial charge in [-0.05, 0) is 36.8 Å². The number of nitrogens with one attached hydrogen (secondary N) is 2. The van der Waals surface area contributed by atoms with Crippen molar-refractivity contribution in [3.63, 3.8) is 0 Å². The molecule has 3 rings (SSSR count). The number of carbonyl (C=O) groups is 2. The van der Waals surface area contributed by atoms with E-state index in [1.807, 2.05) is 6.92 Å². The Morgan fingerprint density at radius 1 is 0.969 bits per heavy atom. The summed E-state index contributed by atoms with van der Waals surface area (Å²) in [5.74, 6) is -1.44. The summed E-state index contributed by atoms with van der Waals surface area (Å²) in [6.45, 7) is 1.84. The fraction of sp³-hybridized carbons (Fsp3) is 0.130. The number of hydrogen-bond donors (Lipinski definition) is 2. The Bertz CT molecular complexity index is 1250. The number of hydrogen-bond acceptors (Lipinski definition) is 5. The van der Waals surface area contributed by atoms with Gasteiger partial charge in [0.2, 0.25) is 16.1 Å². The Balaban J connectivity index is 1.90. The normalized spacial score (nSPS) is 12.0. The molecule has 0 aliphatic carbocycles. The maximum absolute atomic E-state index is 13.0. The van der Waals surface area contributed by atoms with Crippen LogP contribution in [0, 0.1) is 6.92 Å².